The number of nitrogens with one attached hydrogen (secondary N) is 1. The minimum absolute atomic E-state index is 0.141. The fraction of sp³-hybridized carbons (Fsp3) is 0.385. The summed E-state index contributed by atoms with van der Waals surface area (Å²) >= 11 is 1.96. The van der Waals surface area contributed by atoms with Gasteiger partial charge in [-0.15, -0.1) is 0 Å². The summed E-state index contributed by atoms with van der Waals surface area (Å²) in [7, 11) is 0. The van der Waals surface area contributed by atoms with Gasteiger partial charge in [-0.1, -0.05) is 0 Å². The number of hydrogen-bond donors (Lipinski definition) is 1. The standard InChI is InChI=1S/C13H14IN3O4/c1-13(2)12(19)15-5-6-16(13)11(18)9-7-8(17(20)21)3-4-10(9)14/h3-4,7H,5-6H2,1-2H3,(H,15,19). The molecule has 0 aromatic heterocycles. The number of nitrogens with zero attached hydrogens (tertiary/aromatic N) is 2. The lowest BCUT2D eigenvalue weighted by atomic mass is 9.97. The third-order valence-electron chi connectivity index (χ3n) is 3.49. The summed E-state index contributed by atoms with van der Waals surface area (Å²) in [4.78, 5) is 36.3. The van der Waals surface area contributed by atoms with Gasteiger partial charge < -0.3 is 10.2 Å². The van der Waals surface area contributed by atoms with Crippen LogP contribution in [0.3, 0.4) is 0 Å². The minimum atomic E-state index is -0.983. The zero-order valence-corrected chi connectivity index (χ0v) is 13.7. The molecule has 112 valence electrons. The van der Waals surface area contributed by atoms with E-state index in [4.69, 9.17) is 0 Å². The van der Waals surface area contributed by atoms with E-state index in [9.17, 15) is 19.7 Å². The molecule has 1 N–H and O–H groups in total. The molecule has 0 bridgehead atoms. The fourth-order valence-corrected chi connectivity index (χ4v) is 2.76. The first-order valence-electron chi connectivity index (χ1n) is 6.29. The number of halogens is 1. The summed E-state index contributed by atoms with van der Waals surface area (Å²) in [6, 6.07) is 4.14. The second-order valence-electron chi connectivity index (χ2n) is 5.19. The molecule has 0 aliphatic carbocycles. The quantitative estimate of drug-likeness (QED) is 0.461. The number of carbonyl (C=O) groups excluding carboxylic acids is 2. The van der Waals surface area contributed by atoms with Crippen molar-refractivity contribution in [2.75, 3.05) is 13.1 Å². The molecule has 2 amide bonds. The fourth-order valence-electron chi connectivity index (χ4n) is 2.19. The average Bonchev–Trinajstić information content (AvgIpc) is 2.41. The molecule has 7 nitrogen and oxygen atoms in total. The van der Waals surface area contributed by atoms with Crippen molar-refractivity contribution < 1.29 is 14.5 Å². The monoisotopic (exact) mass is 403 g/mol. The highest BCUT2D eigenvalue weighted by Gasteiger charge is 2.41. The van der Waals surface area contributed by atoms with E-state index in [1.54, 1.807) is 13.8 Å². The third kappa shape index (κ3) is 2.85. The van der Waals surface area contributed by atoms with Crippen molar-refractivity contribution in [3.05, 3.63) is 37.4 Å². The molecule has 1 aliphatic heterocycles. The number of amides is 2. The molecule has 8 heteroatoms. The average molecular weight is 403 g/mol. The molecule has 0 atom stereocenters. The smallest absolute Gasteiger partial charge is 0.270 e. The van der Waals surface area contributed by atoms with Gasteiger partial charge in [0.25, 0.3) is 11.6 Å². The van der Waals surface area contributed by atoms with Gasteiger partial charge in [-0.25, -0.2) is 0 Å². The van der Waals surface area contributed by atoms with E-state index in [1.807, 2.05) is 22.6 Å². The zero-order chi connectivity index (χ0) is 15.8. The van der Waals surface area contributed by atoms with Gasteiger partial charge in [0, 0.05) is 28.8 Å². The Hall–Kier alpha value is -1.71. The maximum Gasteiger partial charge on any atom is 0.270 e. The summed E-state index contributed by atoms with van der Waals surface area (Å²) in [5.41, 5.74) is -0.881. The van der Waals surface area contributed by atoms with E-state index in [0.29, 0.717) is 16.7 Å². The van der Waals surface area contributed by atoms with Crippen LogP contribution in [0.4, 0.5) is 5.69 Å². The van der Waals surface area contributed by atoms with Crippen LogP contribution in [-0.2, 0) is 4.79 Å². The van der Waals surface area contributed by atoms with E-state index < -0.39 is 10.5 Å². The first-order chi connectivity index (χ1) is 9.75. The van der Waals surface area contributed by atoms with Crippen LogP contribution in [0.5, 0.6) is 0 Å². The van der Waals surface area contributed by atoms with Gasteiger partial charge >= 0.3 is 0 Å². The lowest BCUT2D eigenvalue weighted by Gasteiger charge is -2.41. The van der Waals surface area contributed by atoms with Crippen molar-refractivity contribution >= 4 is 40.1 Å². The number of rotatable bonds is 2. The second kappa shape index (κ2) is 5.58. The van der Waals surface area contributed by atoms with Crippen LogP contribution in [0.25, 0.3) is 0 Å². The lowest BCUT2D eigenvalue weighted by molar-refractivity contribution is -0.384. The molecule has 0 unspecified atom stereocenters. The molecule has 0 saturated carbocycles. The van der Waals surface area contributed by atoms with Gasteiger partial charge in [0.15, 0.2) is 0 Å². The zero-order valence-electron chi connectivity index (χ0n) is 11.6. The minimum Gasteiger partial charge on any atom is -0.352 e. The Balaban J connectivity index is 2.42. The second-order valence-corrected chi connectivity index (χ2v) is 6.36. The Morgan fingerprint density at radius 3 is 2.76 bits per heavy atom. The molecule has 1 aliphatic rings. The van der Waals surface area contributed by atoms with E-state index in [-0.39, 0.29) is 23.1 Å². The van der Waals surface area contributed by atoms with Crippen LogP contribution < -0.4 is 5.32 Å². The van der Waals surface area contributed by atoms with Gasteiger partial charge in [0.1, 0.15) is 5.54 Å². The van der Waals surface area contributed by atoms with Crippen LogP contribution >= 0.6 is 22.6 Å². The summed E-state index contributed by atoms with van der Waals surface area (Å²) in [5, 5.41) is 13.6. The SMILES string of the molecule is CC1(C)C(=O)NCCN1C(=O)c1cc([N+](=O)[O-])ccc1I. The van der Waals surface area contributed by atoms with Crippen molar-refractivity contribution in [1.29, 1.82) is 0 Å². The summed E-state index contributed by atoms with van der Waals surface area (Å²) < 4.78 is 0.616. The number of piperazine rings is 1. The Morgan fingerprint density at radius 1 is 1.48 bits per heavy atom. The van der Waals surface area contributed by atoms with Gasteiger partial charge in [-0.05, 0) is 42.5 Å². The van der Waals surface area contributed by atoms with E-state index in [0.717, 1.165) is 0 Å². The molecule has 1 saturated heterocycles. The molecule has 1 fully saturated rings. The van der Waals surface area contributed by atoms with Crippen molar-refractivity contribution in [3.8, 4) is 0 Å². The van der Waals surface area contributed by atoms with E-state index in [1.165, 1.54) is 23.1 Å². The molecule has 1 heterocycles. The number of hydrogen-bond acceptors (Lipinski definition) is 4. The molecule has 0 radical (unpaired) electrons. The summed E-state index contributed by atoms with van der Waals surface area (Å²) in [6.07, 6.45) is 0. The lowest BCUT2D eigenvalue weighted by Crippen LogP contribution is -2.63. The number of nitro benzene ring substituents is 1. The summed E-state index contributed by atoms with van der Waals surface area (Å²) in [5.74, 6) is -0.606. The molecular formula is C13H14IN3O4. The predicted molar refractivity (Wildman–Crippen MR) is 83.9 cm³/mol. The first-order valence-corrected chi connectivity index (χ1v) is 7.37. The molecule has 21 heavy (non-hydrogen) atoms. The van der Waals surface area contributed by atoms with Crippen LogP contribution in [-0.4, -0.2) is 40.3 Å². The highest BCUT2D eigenvalue weighted by atomic mass is 127. The Morgan fingerprint density at radius 2 is 2.14 bits per heavy atom. The number of carbonyl (C=O) groups is 2. The highest BCUT2D eigenvalue weighted by Crippen LogP contribution is 2.25. The molecule has 1 aromatic rings. The molecule has 0 spiro atoms. The maximum absolute atomic E-state index is 12.7. The van der Waals surface area contributed by atoms with E-state index in [2.05, 4.69) is 5.32 Å². The van der Waals surface area contributed by atoms with E-state index >= 15 is 0 Å². The van der Waals surface area contributed by atoms with Crippen molar-refractivity contribution in [1.82, 2.24) is 10.2 Å². The van der Waals surface area contributed by atoms with Crippen LogP contribution in [0, 0.1) is 13.7 Å². The van der Waals surface area contributed by atoms with Crippen molar-refractivity contribution in [2.45, 2.75) is 19.4 Å². The largest absolute Gasteiger partial charge is 0.352 e. The van der Waals surface area contributed by atoms with Gasteiger partial charge in [-0.2, -0.15) is 0 Å². The predicted octanol–water partition coefficient (Wildman–Crippen LogP) is 1.55. The van der Waals surface area contributed by atoms with Crippen molar-refractivity contribution in [3.63, 3.8) is 0 Å². The number of benzene rings is 1. The highest BCUT2D eigenvalue weighted by molar-refractivity contribution is 14.1. The normalized spacial score (nSPS) is 17.3. The number of non-ortho nitro benzene ring substituents is 1. The summed E-state index contributed by atoms with van der Waals surface area (Å²) in [6.45, 7) is 4.06. The Labute approximate surface area is 135 Å². The Kier molecular flexibility index (Phi) is 4.17. The van der Waals surface area contributed by atoms with Gasteiger partial charge in [-0.3, -0.25) is 19.7 Å². The third-order valence-corrected chi connectivity index (χ3v) is 4.43. The van der Waals surface area contributed by atoms with Crippen LogP contribution in [0.1, 0.15) is 24.2 Å². The Bertz CT molecular complexity index is 630. The topological polar surface area (TPSA) is 92.6 Å². The maximum atomic E-state index is 12.7. The first kappa shape index (κ1) is 15.7. The molecule has 2 rings (SSSR count). The van der Waals surface area contributed by atoms with Crippen LogP contribution in [0.2, 0.25) is 0 Å². The van der Waals surface area contributed by atoms with Gasteiger partial charge in [0.05, 0.1) is 10.5 Å². The molecule has 1 aromatic carbocycles. The number of nitro groups is 1. The molecular weight excluding hydrogens is 389 g/mol. The van der Waals surface area contributed by atoms with Gasteiger partial charge in [0.2, 0.25) is 5.91 Å². The van der Waals surface area contributed by atoms with Crippen LogP contribution in [0.15, 0.2) is 18.2 Å². The van der Waals surface area contributed by atoms with Crippen molar-refractivity contribution in [2.24, 2.45) is 0 Å².